The normalized spacial score (nSPS) is 14.8. The van der Waals surface area contributed by atoms with Crippen molar-refractivity contribution in [1.29, 1.82) is 0 Å². The van der Waals surface area contributed by atoms with Crippen LogP contribution in [0.25, 0.3) is 44.0 Å². The van der Waals surface area contributed by atoms with Gasteiger partial charge in [0.05, 0.1) is 33.3 Å². The molecule has 3 heterocycles. The molecule has 5 aromatic rings. The maximum Gasteiger partial charge on any atom is 0.332 e. The Bertz CT molecular complexity index is 2010. The van der Waals surface area contributed by atoms with Gasteiger partial charge in [0.25, 0.3) is 0 Å². The number of terminal acetylenes is 1. The lowest BCUT2D eigenvalue weighted by Gasteiger charge is -2.39. The highest BCUT2D eigenvalue weighted by molar-refractivity contribution is 7.86. The zero-order valence-electron chi connectivity index (χ0n) is 21.7. The molecule has 3 aromatic carbocycles. The van der Waals surface area contributed by atoms with E-state index in [-0.39, 0.29) is 17.6 Å². The van der Waals surface area contributed by atoms with Crippen LogP contribution in [-0.2, 0) is 10.2 Å². The Morgan fingerprint density at radius 1 is 1.10 bits per heavy atom. The van der Waals surface area contributed by atoms with E-state index in [0.29, 0.717) is 44.4 Å². The zero-order valence-corrected chi connectivity index (χ0v) is 22.5. The topological polar surface area (TPSA) is 84.4 Å². The summed E-state index contributed by atoms with van der Waals surface area (Å²) >= 11 is 0. The fourth-order valence-electron chi connectivity index (χ4n) is 5.49. The molecule has 0 saturated carbocycles. The lowest BCUT2D eigenvalue weighted by Crippen LogP contribution is -2.45. The van der Waals surface area contributed by atoms with Gasteiger partial charge in [0, 0.05) is 35.1 Å². The van der Waals surface area contributed by atoms with Gasteiger partial charge in [0.1, 0.15) is 11.4 Å². The molecule has 0 amide bonds. The van der Waals surface area contributed by atoms with Crippen LogP contribution in [-0.4, -0.2) is 49.1 Å². The summed E-state index contributed by atoms with van der Waals surface area (Å²) in [6, 6.07) is 14.9. The number of hydrogen-bond donors (Lipinski definition) is 1. The molecule has 0 unspecified atom stereocenters. The zero-order chi connectivity index (χ0) is 27.6. The molecule has 1 aliphatic rings. The Morgan fingerprint density at radius 2 is 1.87 bits per heavy atom. The SMILES string of the molecule is C#Cc1ccc2c(c1)[nH]c1c2c(=O)c2cc(OC(C)C)c(-c3cccc(S(=O)(=O)F)c3)cc2n1C1CN(C)C1. The van der Waals surface area contributed by atoms with Gasteiger partial charge < -0.3 is 19.2 Å². The van der Waals surface area contributed by atoms with E-state index in [0.717, 1.165) is 24.0 Å². The summed E-state index contributed by atoms with van der Waals surface area (Å²) in [5, 5.41) is 1.84. The van der Waals surface area contributed by atoms with Gasteiger partial charge in [0.2, 0.25) is 0 Å². The molecule has 1 fully saturated rings. The molecule has 1 aliphatic heterocycles. The van der Waals surface area contributed by atoms with E-state index in [4.69, 9.17) is 11.2 Å². The third-order valence-electron chi connectivity index (χ3n) is 7.21. The number of fused-ring (bicyclic) bond motifs is 4. The van der Waals surface area contributed by atoms with Gasteiger partial charge in [-0.3, -0.25) is 4.79 Å². The number of rotatable bonds is 5. The minimum Gasteiger partial charge on any atom is -0.490 e. The largest absolute Gasteiger partial charge is 0.490 e. The predicted octanol–water partition coefficient (Wildman–Crippen LogP) is 5.22. The molecule has 7 nitrogen and oxygen atoms in total. The highest BCUT2D eigenvalue weighted by Gasteiger charge is 2.30. The van der Waals surface area contributed by atoms with Crippen molar-refractivity contribution >= 4 is 43.1 Å². The Morgan fingerprint density at radius 3 is 2.54 bits per heavy atom. The first-order valence-electron chi connectivity index (χ1n) is 12.6. The van der Waals surface area contributed by atoms with Crippen LogP contribution in [0.3, 0.4) is 0 Å². The Kier molecular flexibility index (Phi) is 5.79. The van der Waals surface area contributed by atoms with Crippen LogP contribution in [0.15, 0.2) is 64.3 Å². The third kappa shape index (κ3) is 4.17. The van der Waals surface area contributed by atoms with Gasteiger partial charge in [-0.2, -0.15) is 8.42 Å². The van der Waals surface area contributed by atoms with Gasteiger partial charge in [0.15, 0.2) is 5.43 Å². The summed E-state index contributed by atoms with van der Waals surface area (Å²) < 4.78 is 45.5. The second kappa shape index (κ2) is 8.97. The molecule has 39 heavy (non-hydrogen) atoms. The molecular formula is C30H26FN3O4S. The maximum absolute atomic E-state index is 14.1. The Balaban J connectivity index is 1.74. The lowest BCUT2D eigenvalue weighted by molar-refractivity contribution is 0.146. The van der Waals surface area contributed by atoms with Crippen LogP contribution in [0.1, 0.15) is 25.5 Å². The molecule has 0 bridgehead atoms. The van der Waals surface area contributed by atoms with Crippen molar-refractivity contribution in [2.75, 3.05) is 20.1 Å². The number of aromatic nitrogens is 2. The molecule has 9 heteroatoms. The molecule has 0 atom stereocenters. The number of H-pyrrole nitrogens is 1. The van der Waals surface area contributed by atoms with Crippen molar-refractivity contribution in [2.45, 2.75) is 30.9 Å². The summed E-state index contributed by atoms with van der Waals surface area (Å²) in [4.78, 5) is 19.3. The number of halogens is 1. The molecule has 0 aliphatic carbocycles. The predicted molar refractivity (Wildman–Crippen MR) is 152 cm³/mol. The molecule has 0 spiro atoms. The van der Waals surface area contributed by atoms with Crippen molar-refractivity contribution in [3.63, 3.8) is 0 Å². The molecule has 1 saturated heterocycles. The Hall–Kier alpha value is -4.13. The number of pyridine rings is 1. The van der Waals surface area contributed by atoms with Gasteiger partial charge in [-0.25, -0.2) is 0 Å². The second-order valence-corrected chi connectivity index (χ2v) is 11.7. The number of likely N-dealkylation sites (tertiary alicyclic amines) is 1. The van der Waals surface area contributed by atoms with Crippen molar-refractivity contribution in [3.8, 4) is 29.2 Å². The van der Waals surface area contributed by atoms with E-state index in [1.807, 2.05) is 45.2 Å². The number of likely N-dealkylation sites (N-methyl/N-ethyl adjacent to an activating group) is 1. The quantitative estimate of drug-likeness (QED) is 0.243. The van der Waals surface area contributed by atoms with Crippen LogP contribution in [0.2, 0.25) is 0 Å². The van der Waals surface area contributed by atoms with Crippen molar-refractivity contribution in [3.05, 3.63) is 70.4 Å². The highest BCUT2D eigenvalue weighted by Crippen LogP contribution is 2.39. The molecule has 0 radical (unpaired) electrons. The molecule has 2 aromatic heterocycles. The van der Waals surface area contributed by atoms with Crippen LogP contribution in [0.5, 0.6) is 5.75 Å². The number of nitrogens with zero attached hydrogens (tertiary/aromatic N) is 2. The summed E-state index contributed by atoms with van der Waals surface area (Å²) in [6.45, 7) is 5.30. The average molecular weight is 544 g/mol. The fourth-order valence-corrected chi connectivity index (χ4v) is 6.00. The molecular weight excluding hydrogens is 517 g/mol. The van der Waals surface area contributed by atoms with Crippen molar-refractivity contribution in [2.24, 2.45) is 0 Å². The number of ether oxygens (including phenoxy) is 1. The smallest absolute Gasteiger partial charge is 0.332 e. The van der Waals surface area contributed by atoms with Crippen LogP contribution in [0, 0.1) is 12.3 Å². The molecule has 6 rings (SSSR count). The van der Waals surface area contributed by atoms with Gasteiger partial charge in [-0.1, -0.05) is 24.1 Å². The second-order valence-electron chi connectivity index (χ2n) is 10.3. The van der Waals surface area contributed by atoms with E-state index in [1.54, 1.807) is 12.1 Å². The number of benzene rings is 3. The number of nitrogens with one attached hydrogen (secondary N) is 1. The van der Waals surface area contributed by atoms with Crippen LogP contribution >= 0.6 is 0 Å². The van der Waals surface area contributed by atoms with Gasteiger partial charge in [-0.15, -0.1) is 10.3 Å². The third-order valence-corrected chi connectivity index (χ3v) is 8.03. The first-order chi connectivity index (χ1) is 18.5. The first-order valence-corrected chi connectivity index (χ1v) is 14.0. The van der Waals surface area contributed by atoms with Crippen molar-refractivity contribution < 1.29 is 17.0 Å². The molecule has 198 valence electrons. The van der Waals surface area contributed by atoms with Crippen molar-refractivity contribution in [1.82, 2.24) is 14.5 Å². The average Bonchev–Trinajstić information content (AvgIpc) is 3.25. The lowest BCUT2D eigenvalue weighted by atomic mass is 9.99. The minimum atomic E-state index is -4.91. The summed E-state index contributed by atoms with van der Waals surface area (Å²) in [7, 11) is -2.88. The van der Waals surface area contributed by atoms with E-state index >= 15 is 0 Å². The maximum atomic E-state index is 14.1. The van der Waals surface area contributed by atoms with E-state index in [9.17, 15) is 17.1 Å². The monoisotopic (exact) mass is 543 g/mol. The minimum absolute atomic E-state index is 0.0861. The van der Waals surface area contributed by atoms with E-state index in [2.05, 4.69) is 20.4 Å². The van der Waals surface area contributed by atoms with Crippen LogP contribution < -0.4 is 10.2 Å². The number of hydrogen-bond acceptors (Lipinski definition) is 5. The molecule has 1 N–H and O–H groups in total. The van der Waals surface area contributed by atoms with E-state index < -0.39 is 15.1 Å². The number of aromatic amines is 1. The van der Waals surface area contributed by atoms with Crippen LogP contribution in [0.4, 0.5) is 3.89 Å². The standard InChI is InChI=1S/C30H26FN3O4S/c1-5-18-9-10-22-25(11-18)32-30-28(22)29(35)24-14-27(38-17(2)3)23(13-26(24)34(30)20-15-33(4)16-20)19-7-6-8-21(12-19)39(31,36)37/h1,6-14,17,20,32H,15-16H2,2-4H3. The summed E-state index contributed by atoms with van der Waals surface area (Å²) in [5.41, 5.74) is 3.72. The summed E-state index contributed by atoms with van der Waals surface area (Å²) in [6.07, 6.45) is 5.40. The Labute approximate surface area is 225 Å². The van der Waals surface area contributed by atoms with E-state index in [1.165, 1.54) is 18.2 Å². The highest BCUT2D eigenvalue weighted by atomic mass is 32.3. The van der Waals surface area contributed by atoms with Gasteiger partial charge >= 0.3 is 10.2 Å². The fraction of sp³-hybridized carbons (Fsp3) is 0.233. The first kappa shape index (κ1) is 25.2. The van der Waals surface area contributed by atoms with Gasteiger partial charge in [-0.05, 0) is 62.9 Å². The summed E-state index contributed by atoms with van der Waals surface area (Å²) in [5.74, 6) is 3.06.